The minimum Gasteiger partial charge on any atom is -0.373 e. The SMILES string of the molecule is CCOP(=O)(C#CP(=O)(OCC)c1ccc(CO[C@@H]2C[C@H](C)CC[C@H]2C(C)C)cc1)c1ccc(CO[C@@H]2C[C@H](C)CC[C@H]2C(C)C)cc1. The summed E-state index contributed by atoms with van der Waals surface area (Å²) < 4.78 is 52.7. The van der Waals surface area contributed by atoms with Crippen LogP contribution in [0.15, 0.2) is 48.5 Å². The van der Waals surface area contributed by atoms with Crippen molar-refractivity contribution in [3.8, 4) is 11.3 Å². The van der Waals surface area contributed by atoms with E-state index in [0.717, 1.165) is 24.0 Å². The molecule has 0 aliphatic heterocycles. The molecule has 0 bridgehead atoms. The molecule has 0 saturated heterocycles. The Morgan fingerprint density at radius 3 is 1.29 bits per heavy atom. The van der Waals surface area contributed by atoms with Crippen LogP contribution in [0.1, 0.15) is 105 Å². The van der Waals surface area contributed by atoms with Gasteiger partial charge in [-0.25, -0.2) is 0 Å². The molecule has 4 rings (SSSR count). The highest BCUT2D eigenvalue weighted by Gasteiger charge is 2.33. The van der Waals surface area contributed by atoms with E-state index in [1.165, 1.54) is 25.7 Å². The van der Waals surface area contributed by atoms with Crippen molar-refractivity contribution in [3.05, 3.63) is 59.7 Å². The molecule has 2 aliphatic carbocycles. The molecule has 0 N–H and O–H groups in total. The molecule has 0 amide bonds. The fraction of sp³-hybridized carbons (Fsp3) is 0.650. The van der Waals surface area contributed by atoms with Crippen LogP contribution in [-0.4, -0.2) is 25.4 Å². The van der Waals surface area contributed by atoms with Crippen LogP contribution in [0.2, 0.25) is 0 Å². The van der Waals surface area contributed by atoms with E-state index >= 15 is 0 Å². The van der Waals surface area contributed by atoms with E-state index in [2.05, 4.69) is 52.9 Å². The zero-order valence-electron chi connectivity index (χ0n) is 30.7. The van der Waals surface area contributed by atoms with Crippen LogP contribution < -0.4 is 10.6 Å². The maximum absolute atomic E-state index is 14.1. The van der Waals surface area contributed by atoms with Crippen molar-refractivity contribution < 1.29 is 27.7 Å². The van der Waals surface area contributed by atoms with Crippen molar-refractivity contribution in [3.63, 3.8) is 0 Å². The standard InChI is InChI=1S/C40H60O6P2/c1-9-45-47(41,35-17-13-33(14-18-35)27-43-39-25-31(7)11-21-37(39)29(3)4)23-24-48(42,46-10-2)36-19-15-34(16-20-36)28-44-40-26-32(8)12-22-38(40)30(5)6/h13-20,29-32,37-40H,9-12,21-22,25-28H2,1-8H3/t31-,32-,37+,38+,39-,40-,47?,48?/m1/s1. The molecule has 48 heavy (non-hydrogen) atoms. The van der Waals surface area contributed by atoms with Gasteiger partial charge in [-0.05, 0) is 110 Å². The molecule has 8 atom stereocenters. The van der Waals surface area contributed by atoms with Crippen molar-refractivity contribution in [1.29, 1.82) is 0 Å². The highest BCUT2D eigenvalue weighted by molar-refractivity contribution is 7.75. The third kappa shape index (κ3) is 10.4. The van der Waals surface area contributed by atoms with Crippen molar-refractivity contribution in [2.24, 2.45) is 35.5 Å². The fourth-order valence-corrected chi connectivity index (χ4v) is 11.0. The zero-order chi connectivity index (χ0) is 34.9. The minimum atomic E-state index is -3.64. The molecule has 2 fully saturated rings. The Morgan fingerprint density at radius 1 is 0.625 bits per heavy atom. The van der Waals surface area contributed by atoms with Gasteiger partial charge >= 0.3 is 14.7 Å². The Labute approximate surface area is 291 Å². The number of benzene rings is 2. The van der Waals surface area contributed by atoms with Crippen LogP contribution in [0.25, 0.3) is 0 Å². The zero-order valence-corrected chi connectivity index (χ0v) is 32.4. The predicted molar refractivity (Wildman–Crippen MR) is 198 cm³/mol. The smallest absolute Gasteiger partial charge is 0.303 e. The van der Waals surface area contributed by atoms with Gasteiger partial charge in [0.25, 0.3) is 0 Å². The summed E-state index contributed by atoms with van der Waals surface area (Å²) in [5.74, 6) is 3.68. The molecule has 6 nitrogen and oxygen atoms in total. The molecule has 0 spiro atoms. The van der Waals surface area contributed by atoms with Crippen molar-refractivity contribution >= 4 is 25.3 Å². The van der Waals surface area contributed by atoms with Gasteiger partial charge in [0.1, 0.15) is 0 Å². The van der Waals surface area contributed by atoms with Crippen LogP contribution in [0.3, 0.4) is 0 Å². The summed E-state index contributed by atoms with van der Waals surface area (Å²) in [6, 6.07) is 14.9. The molecule has 2 unspecified atom stereocenters. The summed E-state index contributed by atoms with van der Waals surface area (Å²) in [7, 11) is -7.28. The molecular weight excluding hydrogens is 638 g/mol. The minimum absolute atomic E-state index is 0.207. The summed E-state index contributed by atoms with van der Waals surface area (Å²) in [5.41, 5.74) is 7.63. The second kappa shape index (κ2) is 18.0. The third-order valence-electron chi connectivity index (χ3n) is 10.4. The van der Waals surface area contributed by atoms with E-state index < -0.39 is 14.7 Å². The van der Waals surface area contributed by atoms with Crippen LogP contribution in [0, 0.1) is 46.8 Å². The molecule has 2 aliphatic rings. The predicted octanol–water partition coefficient (Wildman–Crippen LogP) is 10.1. The van der Waals surface area contributed by atoms with E-state index in [1.807, 2.05) is 24.3 Å². The topological polar surface area (TPSA) is 71.1 Å². The third-order valence-corrected chi connectivity index (χ3v) is 14.6. The van der Waals surface area contributed by atoms with Gasteiger partial charge in [0.2, 0.25) is 0 Å². The second-order valence-corrected chi connectivity index (χ2v) is 19.0. The molecule has 8 heteroatoms. The molecule has 2 aromatic rings. The lowest BCUT2D eigenvalue weighted by atomic mass is 9.75. The van der Waals surface area contributed by atoms with Crippen molar-refractivity contribution in [2.75, 3.05) is 13.2 Å². The molecule has 2 saturated carbocycles. The van der Waals surface area contributed by atoms with Gasteiger partial charge in [-0.1, -0.05) is 78.6 Å². The molecule has 0 heterocycles. The lowest BCUT2D eigenvalue weighted by molar-refractivity contribution is -0.0473. The molecule has 0 radical (unpaired) electrons. The number of rotatable bonds is 14. The normalized spacial score (nSPS) is 27.2. The van der Waals surface area contributed by atoms with Gasteiger partial charge in [-0.15, -0.1) is 0 Å². The van der Waals surface area contributed by atoms with E-state index in [-0.39, 0.29) is 25.4 Å². The first-order valence-corrected chi connectivity index (χ1v) is 21.6. The lowest BCUT2D eigenvalue weighted by Gasteiger charge is -2.37. The Kier molecular flexibility index (Phi) is 14.6. The lowest BCUT2D eigenvalue weighted by Crippen LogP contribution is -2.34. The van der Waals surface area contributed by atoms with Gasteiger partial charge in [-0.3, -0.25) is 9.13 Å². The van der Waals surface area contributed by atoms with Crippen LogP contribution >= 0.6 is 14.7 Å². The highest BCUT2D eigenvalue weighted by Crippen LogP contribution is 2.50. The number of hydrogen-bond donors (Lipinski definition) is 0. The monoisotopic (exact) mass is 698 g/mol. The van der Waals surface area contributed by atoms with Gasteiger partial charge in [-0.2, -0.15) is 0 Å². The van der Waals surface area contributed by atoms with Crippen LogP contribution in [-0.2, 0) is 40.9 Å². The average Bonchev–Trinajstić information content (AvgIpc) is 3.06. The van der Waals surface area contributed by atoms with Crippen LogP contribution in [0.4, 0.5) is 0 Å². The first-order valence-electron chi connectivity index (χ1n) is 18.3. The Hall–Kier alpha value is -1.70. The summed E-state index contributed by atoms with van der Waals surface area (Å²) in [5, 5.41) is 0.943. The summed E-state index contributed by atoms with van der Waals surface area (Å²) >= 11 is 0. The van der Waals surface area contributed by atoms with Gasteiger partial charge in [0.15, 0.2) is 0 Å². The Morgan fingerprint density at radius 2 is 0.979 bits per heavy atom. The van der Waals surface area contributed by atoms with Crippen LogP contribution in [0.5, 0.6) is 0 Å². The molecule has 0 aromatic heterocycles. The van der Waals surface area contributed by atoms with E-state index in [4.69, 9.17) is 18.5 Å². The van der Waals surface area contributed by atoms with Crippen molar-refractivity contribution in [2.45, 2.75) is 119 Å². The molecule has 266 valence electrons. The first kappa shape index (κ1) is 39.1. The van der Waals surface area contributed by atoms with Gasteiger partial charge in [0, 0.05) is 21.9 Å². The summed E-state index contributed by atoms with van der Waals surface area (Å²) in [6.45, 7) is 18.7. The fourth-order valence-electron chi connectivity index (χ4n) is 7.43. The number of hydrogen-bond acceptors (Lipinski definition) is 6. The maximum Gasteiger partial charge on any atom is 0.303 e. The highest BCUT2D eigenvalue weighted by atomic mass is 31.2. The average molecular weight is 699 g/mol. The van der Waals surface area contributed by atoms with Gasteiger partial charge in [0.05, 0.1) is 38.6 Å². The summed E-state index contributed by atoms with van der Waals surface area (Å²) in [6.07, 6.45) is 7.63. The van der Waals surface area contributed by atoms with E-state index in [1.54, 1.807) is 38.1 Å². The van der Waals surface area contributed by atoms with E-state index in [9.17, 15) is 9.13 Å². The largest absolute Gasteiger partial charge is 0.373 e. The molecule has 2 aromatic carbocycles. The van der Waals surface area contributed by atoms with Crippen molar-refractivity contribution in [1.82, 2.24) is 0 Å². The first-order chi connectivity index (χ1) is 22.9. The Balaban J connectivity index is 1.46. The quantitative estimate of drug-likeness (QED) is 0.145. The molecular formula is C40H60O6P2. The summed E-state index contributed by atoms with van der Waals surface area (Å²) in [4.78, 5) is 0. The number of ether oxygens (including phenoxy) is 2. The van der Waals surface area contributed by atoms with Gasteiger partial charge < -0.3 is 18.5 Å². The Bertz CT molecular complexity index is 1330. The maximum atomic E-state index is 14.1. The van der Waals surface area contributed by atoms with E-state index in [0.29, 0.717) is 59.3 Å². The second-order valence-electron chi connectivity index (χ2n) is 14.8.